The molecule has 1 aliphatic carbocycles. The number of nitrogens with one attached hydrogen (secondary N) is 1. The number of nitrogens with zero attached hydrogens (tertiary/aromatic N) is 2. The number of anilines is 1. The molecule has 0 spiro atoms. The van der Waals surface area contributed by atoms with Crippen LogP contribution in [0.4, 0.5) is 5.95 Å². The number of aromatic nitrogens is 2. The normalized spacial score (nSPS) is 13.2. The molecule has 2 aromatic rings. The zero-order valence-corrected chi connectivity index (χ0v) is 11.4. The summed E-state index contributed by atoms with van der Waals surface area (Å²) < 4.78 is 0. The van der Waals surface area contributed by atoms with E-state index in [1.807, 2.05) is 19.1 Å². The molecule has 4 nitrogen and oxygen atoms in total. The van der Waals surface area contributed by atoms with Crippen molar-refractivity contribution >= 4 is 17.2 Å². The fraction of sp³-hybridized carbons (Fsp3) is 0.188. The quantitative estimate of drug-likeness (QED) is 0.835. The van der Waals surface area contributed by atoms with Crippen LogP contribution in [0, 0.1) is 5.41 Å². The SMILES string of the molecule is CC(=N)C(=C1CC1)c1ccc(-c2cnc(N)nc2)cc1. The highest BCUT2D eigenvalue weighted by atomic mass is 15.0. The molecule has 0 saturated heterocycles. The molecule has 1 heterocycles. The van der Waals surface area contributed by atoms with Gasteiger partial charge in [0.1, 0.15) is 0 Å². The zero-order valence-electron chi connectivity index (χ0n) is 11.4. The molecule has 3 N–H and O–H groups in total. The van der Waals surface area contributed by atoms with E-state index < -0.39 is 0 Å². The average Bonchev–Trinajstić information content (AvgIpc) is 3.25. The molecular weight excluding hydrogens is 248 g/mol. The predicted octanol–water partition coefficient (Wildman–Crippen LogP) is 3.31. The summed E-state index contributed by atoms with van der Waals surface area (Å²) in [5.41, 5.74) is 11.7. The van der Waals surface area contributed by atoms with Crippen LogP contribution in [0.3, 0.4) is 0 Å². The van der Waals surface area contributed by atoms with Crippen molar-refractivity contribution in [1.29, 1.82) is 5.41 Å². The average molecular weight is 264 g/mol. The van der Waals surface area contributed by atoms with E-state index in [-0.39, 0.29) is 5.95 Å². The molecular formula is C16H16N4. The Morgan fingerprint density at radius 3 is 2.15 bits per heavy atom. The molecule has 0 amide bonds. The fourth-order valence-corrected chi connectivity index (χ4v) is 2.31. The van der Waals surface area contributed by atoms with Crippen LogP contribution in [0.2, 0.25) is 0 Å². The maximum atomic E-state index is 7.91. The fourth-order valence-electron chi connectivity index (χ4n) is 2.31. The van der Waals surface area contributed by atoms with E-state index in [2.05, 4.69) is 22.1 Å². The Hall–Kier alpha value is -2.49. The van der Waals surface area contributed by atoms with Gasteiger partial charge in [0.15, 0.2) is 0 Å². The third-order valence-electron chi connectivity index (χ3n) is 3.41. The summed E-state index contributed by atoms with van der Waals surface area (Å²) in [5, 5.41) is 7.91. The van der Waals surface area contributed by atoms with E-state index in [1.165, 1.54) is 5.57 Å². The maximum Gasteiger partial charge on any atom is 0.219 e. The molecule has 0 unspecified atom stereocenters. The molecule has 100 valence electrons. The van der Waals surface area contributed by atoms with Gasteiger partial charge in [-0.1, -0.05) is 29.8 Å². The van der Waals surface area contributed by atoms with Gasteiger partial charge in [-0.25, -0.2) is 9.97 Å². The van der Waals surface area contributed by atoms with E-state index in [4.69, 9.17) is 11.1 Å². The second-order valence-electron chi connectivity index (χ2n) is 5.01. The summed E-state index contributed by atoms with van der Waals surface area (Å²) in [5.74, 6) is 0.283. The summed E-state index contributed by atoms with van der Waals surface area (Å²) in [7, 11) is 0. The highest BCUT2D eigenvalue weighted by molar-refractivity contribution is 6.22. The van der Waals surface area contributed by atoms with E-state index in [1.54, 1.807) is 12.4 Å². The molecule has 3 rings (SSSR count). The van der Waals surface area contributed by atoms with Crippen LogP contribution >= 0.6 is 0 Å². The Bertz CT molecular complexity index is 675. The smallest absolute Gasteiger partial charge is 0.219 e. The van der Waals surface area contributed by atoms with Crippen molar-refractivity contribution in [3.8, 4) is 11.1 Å². The second-order valence-corrected chi connectivity index (χ2v) is 5.01. The highest BCUT2D eigenvalue weighted by Gasteiger charge is 2.20. The van der Waals surface area contributed by atoms with Crippen LogP contribution in [0.5, 0.6) is 0 Å². The Labute approximate surface area is 117 Å². The number of allylic oxidation sites excluding steroid dienone is 2. The minimum absolute atomic E-state index is 0.283. The van der Waals surface area contributed by atoms with Gasteiger partial charge < -0.3 is 11.1 Å². The van der Waals surface area contributed by atoms with Crippen LogP contribution in [0.25, 0.3) is 16.7 Å². The van der Waals surface area contributed by atoms with Gasteiger partial charge in [0, 0.05) is 29.2 Å². The lowest BCUT2D eigenvalue weighted by atomic mass is 9.98. The Morgan fingerprint density at radius 1 is 1.05 bits per heavy atom. The van der Waals surface area contributed by atoms with Crippen molar-refractivity contribution in [3.05, 3.63) is 47.8 Å². The first-order valence-corrected chi connectivity index (χ1v) is 6.61. The van der Waals surface area contributed by atoms with Gasteiger partial charge in [0.25, 0.3) is 0 Å². The third-order valence-corrected chi connectivity index (χ3v) is 3.41. The van der Waals surface area contributed by atoms with E-state index in [9.17, 15) is 0 Å². The first kappa shape index (κ1) is 12.5. The second kappa shape index (κ2) is 4.89. The van der Waals surface area contributed by atoms with Gasteiger partial charge in [-0.2, -0.15) is 0 Å². The molecule has 0 bridgehead atoms. The largest absolute Gasteiger partial charge is 0.368 e. The van der Waals surface area contributed by atoms with Gasteiger partial charge >= 0.3 is 0 Å². The number of hydrogen-bond acceptors (Lipinski definition) is 4. The van der Waals surface area contributed by atoms with E-state index in [0.717, 1.165) is 35.1 Å². The summed E-state index contributed by atoms with van der Waals surface area (Å²) in [6, 6.07) is 8.20. The Balaban J connectivity index is 1.94. The van der Waals surface area contributed by atoms with Crippen molar-refractivity contribution in [1.82, 2.24) is 9.97 Å². The van der Waals surface area contributed by atoms with Crippen molar-refractivity contribution in [2.45, 2.75) is 19.8 Å². The first-order valence-electron chi connectivity index (χ1n) is 6.61. The number of nitrogen functional groups attached to an aromatic ring is 1. The molecule has 0 atom stereocenters. The predicted molar refractivity (Wildman–Crippen MR) is 81.4 cm³/mol. The van der Waals surface area contributed by atoms with Crippen molar-refractivity contribution < 1.29 is 0 Å². The van der Waals surface area contributed by atoms with Crippen molar-refractivity contribution in [2.24, 2.45) is 0 Å². The van der Waals surface area contributed by atoms with Crippen molar-refractivity contribution in [2.75, 3.05) is 5.73 Å². The molecule has 1 fully saturated rings. The number of nitrogens with two attached hydrogens (primary N) is 1. The maximum absolute atomic E-state index is 7.91. The minimum Gasteiger partial charge on any atom is -0.368 e. The topological polar surface area (TPSA) is 75.7 Å². The van der Waals surface area contributed by atoms with Gasteiger partial charge in [-0.05, 0) is 30.9 Å². The number of hydrogen-bond donors (Lipinski definition) is 2. The molecule has 1 aromatic heterocycles. The summed E-state index contributed by atoms with van der Waals surface area (Å²) >= 11 is 0. The van der Waals surface area contributed by atoms with Crippen LogP contribution in [0.15, 0.2) is 42.2 Å². The first-order chi connectivity index (χ1) is 9.65. The van der Waals surface area contributed by atoms with E-state index in [0.29, 0.717) is 5.71 Å². The minimum atomic E-state index is 0.283. The molecule has 4 heteroatoms. The Kier molecular flexibility index (Phi) is 3.06. The summed E-state index contributed by atoms with van der Waals surface area (Å²) in [6.45, 7) is 1.85. The van der Waals surface area contributed by atoms with Crippen LogP contribution in [0.1, 0.15) is 25.3 Å². The van der Waals surface area contributed by atoms with Gasteiger partial charge in [-0.15, -0.1) is 0 Å². The van der Waals surface area contributed by atoms with Crippen LogP contribution < -0.4 is 5.73 Å². The standard InChI is InChI=1S/C16H16N4/c1-10(17)15(13-6-7-13)12-4-2-11(3-5-12)14-8-19-16(18)20-9-14/h2-5,8-9,17H,6-7H2,1H3,(H2,18,19,20). The molecule has 0 radical (unpaired) electrons. The summed E-state index contributed by atoms with van der Waals surface area (Å²) in [4.78, 5) is 8.01. The lowest BCUT2D eigenvalue weighted by Crippen LogP contribution is -1.96. The van der Waals surface area contributed by atoms with E-state index >= 15 is 0 Å². The summed E-state index contributed by atoms with van der Waals surface area (Å²) in [6.07, 6.45) is 5.69. The number of rotatable bonds is 3. The molecule has 20 heavy (non-hydrogen) atoms. The van der Waals surface area contributed by atoms with Crippen LogP contribution in [-0.4, -0.2) is 15.7 Å². The number of benzene rings is 1. The zero-order chi connectivity index (χ0) is 14.1. The molecule has 1 aliphatic rings. The Morgan fingerprint density at radius 2 is 1.65 bits per heavy atom. The third kappa shape index (κ3) is 2.45. The van der Waals surface area contributed by atoms with Crippen LogP contribution in [-0.2, 0) is 0 Å². The van der Waals surface area contributed by atoms with Gasteiger partial charge in [0.05, 0.1) is 0 Å². The molecule has 1 aromatic carbocycles. The lowest BCUT2D eigenvalue weighted by Gasteiger charge is -2.07. The molecule has 1 saturated carbocycles. The lowest BCUT2D eigenvalue weighted by molar-refractivity contribution is 1.19. The van der Waals surface area contributed by atoms with Gasteiger partial charge in [0.2, 0.25) is 5.95 Å². The monoisotopic (exact) mass is 264 g/mol. The highest BCUT2D eigenvalue weighted by Crippen LogP contribution is 2.37. The van der Waals surface area contributed by atoms with Crippen molar-refractivity contribution in [3.63, 3.8) is 0 Å². The van der Waals surface area contributed by atoms with Gasteiger partial charge in [-0.3, -0.25) is 0 Å². The molecule has 0 aliphatic heterocycles.